The summed E-state index contributed by atoms with van der Waals surface area (Å²) in [5.41, 5.74) is 0.374. The van der Waals surface area contributed by atoms with E-state index >= 15 is 0 Å². The van der Waals surface area contributed by atoms with Crippen LogP contribution < -0.4 is 10.6 Å². The number of nitrogens with one attached hydrogen (secondary N) is 2. The highest BCUT2D eigenvalue weighted by atomic mass is 16.5. The van der Waals surface area contributed by atoms with Crippen molar-refractivity contribution >= 4 is 11.7 Å². The Balaban J connectivity index is 2.08. The predicted octanol–water partition coefficient (Wildman–Crippen LogP) is -1.05. The third kappa shape index (κ3) is 1.64. The highest BCUT2D eigenvalue weighted by molar-refractivity contribution is 6.02. The van der Waals surface area contributed by atoms with Crippen LogP contribution in [0.2, 0.25) is 0 Å². The number of rotatable bonds is 2. The number of carbonyl (C=O) groups excluding carboxylic acids is 2. The molecule has 0 bridgehead atoms. The SMILES string of the molecule is O=C1CNCC(C(=O)c2cnoc2)N1. The molecular formula is C8H9N3O3. The van der Waals surface area contributed by atoms with E-state index in [2.05, 4.69) is 20.3 Å². The van der Waals surface area contributed by atoms with Crippen LogP contribution in [-0.4, -0.2) is 36.0 Å². The quantitative estimate of drug-likeness (QED) is 0.588. The predicted molar refractivity (Wildman–Crippen MR) is 45.6 cm³/mol. The minimum atomic E-state index is -0.518. The molecule has 1 saturated heterocycles. The first-order valence-corrected chi connectivity index (χ1v) is 4.21. The van der Waals surface area contributed by atoms with Crippen LogP contribution in [-0.2, 0) is 4.79 Å². The molecule has 1 unspecified atom stereocenters. The largest absolute Gasteiger partial charge is 0.364 e. The number of ketones is 1. The average molecular weight is 195 g/mol. The van der Waals surface area contributed by atoms with E-state index in [0.717, 1.165) is 0 Å². The van der Waals surface area contributed by atoms with E-state index in [-0.39, 0.29) is 18.2 Å². The Kier molecular flexibility index (Phi) is 2.28. The Bertz CT molecular complexity index is 347. The topological polar surface area (TPSA) is 84.2 Å². The summed E-state index contributed by atoms with van der Waals surface area (Å²) in [6.07, 6.45) is 2.60. The van der Waals surface area contributed by atoms with Gasteiger partial charge in [0.05, 0.1) is 18.3 Å². The molecule has 6 nitrogen and oxygen atoms in total. The minimum Gasteiger partial charge on any atom is -0.364 e. The molecule has 0 aliphatic carbocycles. The van der Waals surface area contributed by atoms with E-state index in [1.165, 1.54) is 12.5 Å². The van der Waals surface area contributed by atoms with Crippen molar-refractivity contribution in [2.24, 2.45) is 0 Å². The lowest BCUT2D eigenvalue weighted by atomic mass is 10.1. The summed E-state index contributed by atoms with van der Waals surface area (Å²) >= 11 is 0. The molecule has 1 aliphatic heterocycles. The number of amides is 1. The van der Waals surface area contributed by atoms with Crippen LogP contribution in [0.15, 0.2) is 17.0 Å². The second-order valence-corrected chi connectivity index (χ2v) is 3.03. The molecule has 1 aromatic rings. The molecule has 0 aromatic carbocycles. The minimum absolute atomic E-state index is 0.175. The van der Waals surface area contributed by atoms with Gasteiger partial charge in [-0.25, -0.2) is 0 Å². The van der Waals surface area contributed by atoms with Gasteiger partial charge in [-0.3, -0.25) is 9.59 Å². The fraction of sp³-hybridized carbons (Fsp3) is 0.375. The van der Waals surface area contributed by atoms with Crippen LogP contribution in [0.1, 0.15) is 10.4 Å². The maximum Gasteiger partial charge on any atom is 0.234 e. The van der Waals surface area contributed by atoms with Crippen molar-refractivity contribution in [1.29, 1.82) is 0 Å². The first-order chi connectivity index (χ1) is 6.77. The van der Waals surface area contributed by atoms with Gasteiger partial charge in [0.1, 0.15) is 12.3 Å². The Morgan fingerprint density at radius 1 is 1.64 bits per heavy atom. The van der Waals surface area contributed by atoms with Gasteiger partial charge in [-0.2, -0.15) is 0 Å². The first kappa shape index (κ1) is 8.89. The fourth-order valence-electron chi connectivity index (χ4n) is 1.31. The molecule has 1 atom stereocenters. The van der Waals surface area contributed by atoms with Gasteiger partial charge >= 0.3 is 0 Å². The lowest BCUT2D eigenvalue weighted by Gasteiger charge is -2.22. The first-order valence-electron chi connectivity index (χ1n) is 4.21. The zero-order valence-electron chi connectivity index (χ0n) is 7.32. The number of hydrogen-bond acceptors (Lipinski definition) is 5. The van der Waals surface area contributed by atoms with E-state index in [4.69, 9.17) is 0 Å². The number of nitrogens with zero attached hydrogens (tertiary/aromatic N) is 1. The maximum atomic E-state index is 11.7. The molecule has 1 amide bonds. The smallest absolute Gasteiger partial charge is 0.234 e. The van der Waals surface area contributed by atoms with Gasteiger partial charge in [0.2, 0.25) is 5.91 Å². The van der Waals surface area contributed by atoms with Crippen molar-refractivity contribution in [3.05, 3.63) is 18.0 Å². The lowest BCUT2D eigenvalue weighted by molar-refractivity contribution is -0.121. The number of aromatic nitrogens is 1. The number of hydrogen-bond donors (Lipinski definition) is 2. The van der Waals surface area contributed by atoms with Crippen molar-refractivity contribution < 1.29 is 14.1 Å². The van der Waals surface area contributed by atoms with E-state index in [9.17, 15) is 9.59 Å². The van der Waals surface area contributed by atoms with Crippen molar-refractivity contribution in [1.82, 2.24) is 15.8 Å². The summed E-state index contributed by atoms with van der Waals surface area (Å²) in [7, 11) is 0. The zero-order chi connectivity index (χ0) is 9.97. The summed E-state index contributed by atoms with van der Waals surface area (Å²) in [6.45, 7) is 0.698. The van der Waals surface area contributed by atoms with Crippen molar-refractivity contribution in [2.75, 3.05) is 13.1 Å². The van der Waals surface area contributed by atoms with Crippen LogP contribution >= 0.6 is 0 Å². The third-order valence-electron chi connectivity index (χ3n) is 2.00. The lowest BCUT2D eigenvalue weighted by Crippen LogP contribution is -2.55. The summed E-state index contributed by atoms with van der Waals surface area (Å²) in [5, 5.41) is 8.86. The van der Waals surface area contributed by atoms with Crippen LogP contribution in [0.25, 0.3) is 0 Å². The Hall–Kier alpha value is -1.69. The summed E-state index contributed by atoms with van der Waals surface area (Å²) in [6, 6.07) is -0.518. The van der Waals surface area contributed by atoms with Crippen molar-refractivity contribution in [2.45, 2.75) is 6.04 Å². The molecule has 6 heteroatoms. The average Bonchev–Trinajstić information content (AvgIpc) is 2.69. The van der Waals surface area contributed by atoms with E-state index in [0.29, 0.717) is 12.1 Å². The molecule has 74 valence electrons. The van der Waals surface area contributed by atoms with Gasteiger partial charge in [0.25, 0.3) is 0 Å². The maximum absolute atomic E-state index is 11.7. The highest BCUT2D eigenvalue weighted by Gasteiger charge is 2.26. The van der Waals surface area contributed by atoms with E-state index in [1.807, 2.05) is 0 Å². The molecule has 14 heavy (non-hydrogen) atoms. The molecule has 2 rings (SSSR count). The summed E-state index contributed by atoms with van der Waals surface area (Å²) < 4.78 is 4.55. The van der Waals surface area contributed by atoms with Crippen LogP contribution in [0.5, 0.6) is 0 Å². The second-order valence-electron chi connectivity index (χ2n) is 3.03. The number of piperazine rings is 1. The zero-order valence-corrected chi connectivity index (χ0v) is 7.32. The Labute approximate surface area is 79.6 Å². The molecule has 1 aromatic heterocycles. The molecule has 2 N–H and O–H groups in total. The van der Waals surface area contributed by atoms with Crippen molar-refractivity contribution in [3.63, 3.8) is 0 Å². The van der Waals surface area contributed by atoms with Crippen LogP contribution in [0, 0.1) is 0 Å². The van der Waals surface area contributed by atoms with Gasteiger partial charge in [-0.15, -0.1) is 0 Å². The molecule has 0 radical (unpaired) electrons. The fourth-order valence-corrected chi connectivity index (χ4v) is 1.31. The normalized spacial score (nSPS) is 21.7. The van der Waals surface area contributed by atoms with Crippen molar-refractivity contribution in [3.8, 4) is 0 Å². The Morgan fingerprint density at radius 3 is 3.14 bits per heavy atom. The standard InChI is InChI=1S/C8H9N3O3/c12-7-3-9-2-6(11-7)8(13)5-1-10-14-4-5/h1,4,6,9H,2-3H2,(H,11,12). The molecule has 2 heterocycles. The van der Waals surface area contributed by atoms with E-state index < -0.39 is 6.04 Å². The molecule has 0 spiro atoms. The monoisotopic (exact) mass is 195 g/mol. The van der Waals surface area contributed by atoms with Gasteiger partial charge < -0.3 is 15.2 Å². The van der Waals surface area contributed by atoms with Gasteiger partial charge in [0.15, 0.2) is 5.78 Å². The van der Waals surface area contributed by atoms with Gasteiger partial charge in [-0.05, 0) is 0 Å². The number of carbonyl (C=O) groups is 2. The molecule has 1 fully saturated rings. The summed E-state index contributed by atoms with van der Waals surface area (Å²) in [4.78, 5) is 22.6. The molecule has 0 saturated carbocycles. The highest BCUT2D eigenvalue weighted by Crippen LogP contribution is 2.03. The Morgan fingerprint density at radius 2 is 2.50 bits per heavy atom. The second kappa shape index (κ2) is 3.59. The number of Topliss-reactive ketones (excluding diaryl/α,β-unsaturated/α-hetero) is 1. The van der Waals surface area contributed by atoms with Crippen LogP contribution in [0.4, 0.5) is 0 Å². The van der Waals surface area contributed by atoms with Crippen LogP contribution in [0.3, 0.4) is 0 Å². The van der Waals surface area contributed by atoms with Gasteiger partial charge in [-0.1, -0.05) is 5.16 Å². The molecular weight excluding hydrogens is 186 g/mol. The third-order valence-corrected chi connectivity index (χ3v) is 2.00. The summed E-state index contributed by atoms with van der Waals surface area (Å²) in [5.74, 6) is -0.363. The van der Waals surface area contributed by atoms with E-state index in [1.54, 1.807) is 0 Å². The molecule has 1 aliphatic rings. The van der Waals surface area contributed by atoms with Gasteiger partial charge in [0, 0.05) is 6.54 Å².